The second-order valence-electron chi connectivity index (χ2n) is 3.22. The van der Waals surface area contributed by atoms with Crippen LogP contribution in [0.2, 0.25) is 0 Å². The highest BCUT2D eigenvalue weighted by Gasteiger charge is 2.16. The SMILES string of the molecule is COc1n[nH]c(NS(=O)(=O)CCS(C)(=O)=O)n1. The molecule has 0 spiro atoms. The Kier molecular flexibility index (Phi) is 3.93. The number of ether oxygens (including phenoxy) is 1. The van der Waals surface area contributed by atoms with Crippen molar-refractivity contribution in [3.05, 3.63) is 0 Å². The van der Waals surface area contributed by atoms with Crippen molar-refractivity contribution in [2.24, 2.45) is 0 Å². The number of anilines is 1. The molecule has 9 nitrogen and oxygen atoms in total. The van der Waals surface area contributed by atoms with Crippen molar-refractivity contribution in [1.29, 1.82) is 0 Å². The van der Waals surface area contributed by atoms with Crippen molar-refractivity contribution in [2.45, 2.75) is 0 Å². The zero-order valence-electron chi connectivity index (χ0n) is 9.17. The number of hydrogen-bond acceptors (Lipinski definition) is 7. The minimum Gasteiger partial charge on any atom is -0.466 e. The second kappa shape index (κ2) is 4.87. The van der Waals surface area contributed by atoms with Gasteiger partial charge in [0.15, 0.2) is 0 Å². The van der Waals surface area contributed by atoms with E-state index < -0.39 is 31.4 Å². The molecule has 0 saturated heterocycles. The molecule has 0 aliphatic heterocycles. The molecule has 2 N–H and O–H groups in total. The minimum atomic E-state index is -3.78. The summed E-state index contributed by atoms with van der Waals surface area (Å²) < 4.78 is 51.2. The number of aromatic amines is 1. The standard InChI is InChI=1S/C6H12N4O5S2/c1-15-6-7-5(8-9-6)10-17(13,14)4-3-16(2,11)12/h3-4H2,1-2H3,(H2,7,8,9,10). The van der Waals surface area contributed by atoms with Crippen LogP contribution >= 0.6 is 0 Å². The van der Waals surface area contributed by atoms with Crippen LogP contribution in [0.1, 0.15) is 0 Å². The Morgan fingerprint density at radius 1 is 1.29 bits per heavy atom. The summed E-state index contributed by atoms with van der Waals surface area (Å²) >= 11 is 0. The molecule has 1 rings (SSSR count). The minimum absolute atomic E-state index is 0.0224. The maximum atomic E-state index is 11.4. The monoisotopic (exact) mass is 284 g/mol. The van der Waals surface area contributed by atoms with Gasteiger partial charge in [0.25, 0.3) is 0 Å². The molecule has 1 aromatic heterocycles. The summed E-state index contributed by atoms with van der Waals surface area (Å²) in [4.78, 5) is 3.63. The van der Waals surface area contributed by atoms with E-state index in [1.54, 1.807) is 0 Å². The van der Waals surface area contributed by atoms with Crippen LogP contribution in [0, 0.1) is 0 Å². The van der Waals surface area contributed by atoms with Crippen molar-refractivity contribution in [3.63, 3.8) is 0 Å². The fraction of sp³-hybridized carbons (Fsp3) is 0.667. The zero-order valence-corrected chi connectivity index (χ0v) is 10.8. The Hall–Kier alpha value is -1.36. The number of methoxy groups -OCH3 is 1. The van der Waals surface area contributed by atoms with E-state index in [2.05, 4.69) is 19.9 Å². The fourth-order valence-corrected chi connectivity index (χ4v) is 3.42. The molecule has 1 heterocycles. The maximum absolute atomic E-state index is 11.4. The molecule has 0 aliphatic carbocycles. The van der Waals surface area contributed by atoms with Crippen molar-refractivity contribution in [3.8, 4) is 6.01 Å². The number of nitrogens with one attached hydrogen (secondary N) is 2. The molecule has 0 bridgehead atoms. The largest absolute Gasteiger partial charge is 0.466 e. The number of aromatic nitrogens is 3. The van der Waals surface area contributed by atoms with Crippen molar-refractivity contribution in [2.75, 3.05) is 29.6 Å². The first-order valence-electron chi connectivity index (χ1n) is 4.36. The lowest BCUT2D eigenvalue weighted by atomic mass is 11.0. The molecule has 1 aromatic rings. The summed E-state index contributed by atoms with van der Waals surface area (Å²) in [5.74, 6) is -1.14. The van der Waals surface area contributed by atoms with E-state index in [-0.39, 0.29) is 12.0 Å². The molecule has 0 amide bonds. The van der Waals surface area contributed by atoms with Crippen LogP contribution in [-0.4, -0.2) is 56.9 Å². The van der Waals surface area contributed by atoms with Gasteiger partial charge in [-0.25, -0.2) is 21.9 Å². The fourth-order valence-electron chi connectivity index (χ4n) is 0.843. The Morgan fingerprint density at radius 3 is 2.41 bits per heavy atom. The third-order valence-electron chi connectivity index (χ3n) is 1.62. The Morgan fingerprint density at radius 2 is 1.94 bits per heavy atom. The van der Waals surface area contributed by atoms with Gasteiger partial charge in [-0.05, 0) is 0 Å². The van der Waals surface area contributed by atoms with Crippen LogP contribution in [0.25, 0.3) is 0 Å². The van der Waals surface area contributed by atoms with Crippen LogP contribution in [0.5, 0.6) is 6.01 Å². The summed E-state index contributed by atoms with van der Waals surface area (Å²) in [5, 5.41) is 5.81. The van der Waals surface area contributed by atoms with E-state index >= 15 is 0 Å². The van der Waals surface area contributed by atoms with Crippen LogP contribution < -0.4 is 9.46 Å². The van der Waals surface area contributed by atoms with Gasteiger partial charge in [-0.15, -0.1) is 5.10 Å². The predicted molar refractivity (Wildman–Crippen MR) is 60.1 cm³/mol. The third kappa shape index (κ3) is 4.99. The van der Waals surface area contributed by atoms with E-state index in [1.807, 2.05) is 4.72 Å². The topological polar surface area (TPSA) is 131 Å². The highest BCUT2D eigenvalue weighted by Crippen LogP contribution is 2.06. The van der Waals surface area contributed by atoms with Crippen LogP contribution in [0.3, 0.4) is 0 Å². The summed E-state index contributed by atoms with van der Waals surface area (Å²) in [5.41, 5.74) is 0. The third-order valence-corrected chi connectivity index (χ3v) is 4.07. The van der Waals surface area contributed by atoms with Crippen LogP contribution in [-0.2, 0) is 19.9 Å². The number of nitrogens with zero attached hydrogens (tertiary/aromatic N) is 2. The lowest BCUT2D eigenvalue weighted by Crippen LogP contribution is -2.22. The molecule has 0 unspecified atom stereocenters. The average Bonchev–Trinajstić information content (AvgIpc) is 2.61. The molecule has 11 heteroatoms. The summed E-state index contributed by atoms with van der Waals surface area (Å²) in [6.07, 6.45) is 0.958. The molecule has 0 radical (unpaired) electrons. The van der Waals surface area contributed by atoms with Gasteiger partial charge in [-0.3, -0.25) is 4.72 Å². The normalized spacial score (nSPS) is 12.4. The average molecular weight is 284 g/mol. The maximum Gasteiger partial charge on any atom is 0.336 e. The smallest absolute Gasteiger partial charge is 0.336 e. The van der Waals surface area contributed by atoms with E-state index in [0.717, 1.165) is 6.26 Å². The van der Waals surface area contributed by atoms with Gasteiger partial charge in [-0.2, -0.15) is 4.98 Å². The number of H-pyrrole nitrogens is 1. The zero-order chi connectivity index (χ0) is 13.1. The van der Waals surface area contributed by atoms with E-state index in [1.165, 1.54) is 7.11 Å². The van der Waals surface area contributed by atoms with Crippen LogP contribution in [0.4, 0.5) is 5.95 Å². The first-order valence-corrected chi connectivity index (χ1v) is 8.08. The molecule has 98 valence electrons. The summed E-state index contributed by atoms with van der Waals surface area (Å²) in [7, 11) is -5.80. The first-order chi connectivity index (χ1) is 7.72. The van der Waals surface area contributed by atoms with E-state index in [4.69, 9.17) is 0 Å². The molecule has 0 fully saturated rings. The van der Waals surface area contributed by atoms with Crippen LogP contribution in [0.15, 0.2) is 0 Å². The van der Waals surface area contributed by atoms with Gasteiger partial charge in [0.2, 0.25) is 16.0 Å². The number of sulfonamides is 1. The molecular weight excluding hydrogens is 272 g/mol. The van der Waals surface area contributed by atoms with Crippen molar-refractivity contribution < 1.29 is 21.6 Å². The number of sulfone groups is 1. The Balaban J connectivity index is 2.67. The molecule has 0 aromatic carbocycles. The Bertz CT molecular complexity index is 575. The van der Waals surface area contributed by atoms with Crippen molar-refractivity contribution >= 4 is 25.8 Å². The van der Waals surface area contributed by atoms with Gasteiger partial charge < -0.3 is 4.74 Å². The summed E-state index contributed by atoms with van der Waals surface area (Å²) in [6.45, 7) is 0. The predicted octanol–water partition coefficient (Wildman–Crippen LogP) is -1.40. The van der Waals surface area contributed by atoms with Gasteiger partial charge in [-0.1, -0.05) is 0 Å². The highest BCUT2D eigenvalue weighted by atomic mass is 32.2. The van der Waals surface area contributed by atoms with Crippen molar-refractivity contribution in [1.82, 2.24) is 15.2 Å². The quantitative estimate of drug-likeness (QED) is 0.656. The second-order valence-corrected chi connectivity index (χ2v) is 7.32. The van der Waals surface area contributed by atoms with Gasteiger partial charge >= 0.3 is 6.01 Å². The molecule has 0 aliphatic rings. The van der Waals surface area contributed by atoms with Gasteiger partial charge in [0.1, 0.15) is 9.84 Å². The number of hydrogen-bond donors (Lipinski definition) is 2. The molecule has 17 heavy (non-hydrogen) atoms. The lowest BCUT2D eigenvalue weighted by molar-refractivity contribution is 0.382. The highest BCUT2D eigenvalue weighted by molar-refractivity contribution is 7.95. The van der Waals surface area contributed by atoms with E-state index in [0.29, 0.717) is 0 Å². The summed E-state index contributed by atoms with van der Waals surface area (Å²) in [6, 6.07) is -0.0224. The lowest BCUT2D eigenvalue weighted by Gasteiger charge is -2.03. The Labute approximate surface area is 98.6 Å². The van der Waals surface area contributed by atoms with Gasteiger partial charge in [0.05, 0.1) is 18.6 Å². The molecular formula is C6H12N4O5S2. The molecule has 0 atom stereocenters. The first kappa shape index (κ1) is 13.7. The molecule has 0 saturated carbocycles. The van der Waals surface area contributed by atoms with E-state index in [9.17, 15) is 16.8 Å². The number of rotatable bonds is 6. The van der Waals surface area contributed by atoms with Gasteiger partial charge in [0, 0.05) is 6.26 Å².